The number of carbonyl (C=O) groups excluding carboxylic acids is 2. The monoisotopic (exact) mass is 392 g/mol. The Morgan fingerprint density at radius 1 is 1.11 bits per heavy atom. The maximum atomic E-state index is 13.4. The lowest BCUT2D eigenvalue weighted by Crippen LogP contribution is -2.58. The predicted molar refractivity (Wildman–Crippen MR) is 103 cm³/mol. The minimum Gasteiger partial charge on any atom is -0.378 e. The van der Waals surface area contributed by atoms with E-state index in [4.69, 9.17) is 4.74 Å². The van der Waals surface area contributed by atoms with Gasteiger partial charge >= 0.3 is 6.03 Å². The first-order valence-corrected chi connectivity index (χ1v) is 9.81. The number of rotatable bonds is 4. The first kappa shape index (κ1) is 20.5. The summed E-state index contributed by atoms with van der Waals surface area (Å²) in [5.74, 6) is -0.301. The molecule has 1 atom stereocenters. The number of halogens is 1. The van der Waals surface area contributed by atoms with Crippen molar-refractivity contribution in [1.29, 1.82) is 0 Å². The van der Waals surface area contributed by atoms with E-state index in [1.807, 2.05) is 22.8 Å². The normalized spacial score (nSPS) is 19.4. The van der Waals surface area contributed by atoms with Crippen molar-refractivity contribution in [3.63, 3.8) is 0 Å². The summed E-state index contributed by atoms with van der Waals surface area (Å²) in [5.41, 5.74) is 0.768. The van der Waals surface area contributed by atoms with Gasteiger partial charge in [0.1, 0.15) is 5.82 Å². The van der Waals surface area contributed by atoms with Gasteiger partial charge in [0.2, 0.25) is 5.91 Å². The molecule has 1 aromatic carbocycles. The number of piperazine rings is 1. The van der Waals surface area contributed by atoms with Crippen LogP contribution in [0.1, 0.15) is 12.5 Å². The fourth-order valence-electron chi connectivity index (χ4n) is 3.72. The lowest BCUT2D eigenvalue weighted by molar-refractivity contribution is -0.136. The lowest BCUT2D eigenvalue weighted by Gasteiger charge is -2.40. The molecule has 28 heavy (non-hydrogen) atoms. The minimum atomic E-state index is -0.299. The number of hydrogen-bond acceptors (Lipinski definition) is 4. The summed E-state index contributed by atoms with van der Waals surface area (Å²) in [7, 11) is 1.74. The Morgan fingerprint density at radius 3 is 2.39 bits per heavy atom. The highest BCUT2D eigenvalue weighted by atomic mass is 19.1. The third-order valence-corrected chi connectivity index (χ3v) is 5.46. The van der Waals surface area contributed by atoms with Crippen molar-refractivity contribution in [2.45, 2.75) is 19.5 Å². The summed E-state index contributed by atoms with van der Waals surface area (Å²) in [5, 5.41) is 0. The predicted octanol–water partition coefficient (Wildman–Crippen LogP) is 1.24. The highest BCUT2D eigenvalue weighted by Gasteiger charge is 2.31. The van der Waals surface area contributed by atoms with Crippen molar-refractivity contribution in [3.05, 3.63) is 35.6 Å². The fraction of sp³-hybridized carbons (Fsp3) is 0.600. The highest BCUT2D eigenvalue weighted by Crippen LogP contribution is 2.13. The van der Waals surface area contributed by atoms with Crippen LogP contribution in [0.5, 0.6) is 0 Å². The maximum absolute atomic E-state index is 13.4. The van der Waals surface area contributed by atoms with Gasteiger partial charge in [-0.15, -0.1) is 0 Å². The Hall–Kier alpha value is -2.19. The smallest absolute Gasteiger partial charge is 0.320 e. The van der Waals surface area contributed by atoms with Crippen LogP contribution in [0.15, 0.2) is 24.3 Å². The highest BCUT2D eigenvalue weighted by molar-refractivity contribution is 5.81. The number of benzene rings is 1. The summed E-state index contributed by atoms with van der Waals surface area (Å²) in [6.45, 7) is 7.28. The van der Waals surface area contributed by atoms with Crippen LogP contribution in [0.25, 0.3) is 0 Å². The molecule has 154 valence electrons. The molecule has 8 heteroatoms. The number of likely N-dealkylation sites (N-methyl/N-ethyl adjacent to an activating group) is 1. The topological polar surface area (TPSA) is 56.3 Å². The molecular formula is C20H29FN4O3. The van der Waals surface area contributed by atoms with Crippen molar-refractivity contribution in [1.82, 2.24) is 19.6 Å². The molecule has 3 amide bonds. The lowest BCUT2D eigenvalue weighted by atomic mass is 10.1. The second kappa shape index (κ2) is 9.34. The molecule has 0 saturated carbocycles. The summed E-state index contributed by atoms with van der Waals surface area (Å²) < 4.78 is 18.7. The van der Waals surface area contributed by atoms with E-state index in [0.29, 0.717) is 59.0 Å². The SMILES string of the molecule is CC(C(=O)N(C)Cc1cccc(F)c1)N1CCN(C(=O)N2CCOCC2)CC1. The molecule has 0 N–H and O–H groups in total. The van der Waals surface area contributed by atoms with Crippen LogP contribution in [-0.2, 0) is 16.1 Å². The van der Waals surface area contributed by atoms with Crippen molar-refractivity contribution in [2.24, 2.45) is 0 Å². The number of nitrogens with zero attached hydrogens (tertiary/aromatic N) is 4. The number of urea groups is 1. The van der Waals surface area contributed by atoms with Gasteiger partial charge in [-0.1, -0.05) is 12.1 Å². The van der Waals surface area contributed by atoms with Crippen molar-refractivity contribution < 1.29 is 18.7 Å². The third-order valence-electron chi connectivity index (χ3n) is 5.46. The van der Waals surface area contributed by atoms with E-state index in [9.17, 15) is 14.0 Å². The largest absolute Gasteiger partial charge is 0.378 e. The van der Waals surface area contributed by atoms with E-state index >= 15 is 0 Å². The zero-order chi connectivity index (χ0) is 20.1. The van der Waals surface area contributed by atoms with Gasteiger partial charge in [0, 0.05) is 52.9 Å². The molecule has 7 nitrogen and oxygen atoms in total. The molecule has 3 rings (SSSR count). The van der Waals surface area contributed by atoms with Gasteiger partial charge in [-0.2, -0.15) is 0 Å². The molecule has 2 aliphatic heterocycles. The molecule has 0 aromatic heterocycles. The fourth-order valence-corrected chi connectivity index (χ4v) is 3.72. The summed E-state index contributed by atoms with van der Waals surface area (Å²) >= 11 is 0. The zero-order valence-electron chi connectivity index (χ0n) is 16.6. The molecule has 1 unspecified atom stereocenters. The van der Waals surface area contributed by atoms with Crippen LogP contribution in [0.4, 0.5) is 9.18 Å². The van der Waals surface area contributed by atoms with Gasteiger partial charge in [0.25, 0.3) is 0 Å². The number of morpholine rings is 1. The first-order valence-electron chi connectivity index (χ1n) is 9.81. The average molecular weight is 392 g/mol. The number of ether oxygens (including phenoxy) is 1. The van der Waals surface area contributed by atoms with Crippen LogP contribution in [0.3, 0.4) is 0 Å². The molecule has 0 bridgehead atoms. The molecule has 1 aromatic rings. The number of amides is 3. The van der Waals surface area contributed by atoms with Crippen LogP contribution >= 0.6 is 0 Å². The van der Waals surface area contributed by atoms with Gasteiger partial charge < -0.3 is 19.4 Å². The van der Waals surface area contributed by atoms with Crippen molar-refractivity contribution >= 4 is 11.9 Å². The molecule has 0 radical (unpaired) electrons. The molecule has 2 aliphatic rings. The molecule has 2 saturated heterocycles. The summed E-state index contributed by atoms with van der Waals surface area (Å²) in [4.78, 5) is 32.8. The zero-order valence-corrected chi connectivity index (χ0v) is 16.6. The Bertz CT molecular complexity index is 688. The second-order valence-corrected chi connectivity index (χ2v) is 7.41. The van der Waals surface area contributed by atoms with E-state index < -0.39 is 0 Å². The van der Waals surface area contributed by atoms with Gasteiger partial charge in [-0.05, 0) is 24.6 Å². The Balaban J connectivity index is 1.49. The van der Waals surface area contributed by atoms with Crippen molar-refractivity contribution in [3.8, 4) is 0 Å². The third kappa shape index (κ3) is 4.99. The first-order chi connectivity index (χ1) is 13.5. The quantitative estimate of drug-likeness (QED) is 0.774. The van der Waals surface area contributed by atoms with E-state index in [1.165, 1.54) is 12.1 Å². The Kier molecular flexibility index (Phi) is 6.85. The molecule has 2 fully saturated rings. The van der Waals surface area contributed by atoms with Gasteiger partial charge in [0.05, 0.1) is 19.3 Å². The van der Waals surface area contributed by atoms with Gasteiger partial charge in [0.15, 0.2) is 0 Å². The maximum Gasteiger partial charge on any atom is 0.320 e. The van der Waals surface area contributed by atoms with Crippen LogP contribution in [-0.4, -0.2) is 97.1 Å². The van der Waals surface area contributed by atoms with Crippen LogP contribution < -0.4 is 0 Å². The Labute approximate surface area is 165 Å². The second-order valence-electron chi connectivity index (χ2n) is 7.41. The van der Waals surface area contributed by atoms with Gasteiger partial charge in [-0.25, -0.2) is 9.18 Å². The molecule has 2 heterocycles. The standard InChI is InChI=1S/C20H29FN4O3/c1-16(19(26)22(2)15-17-4-3-5-18(21)14-17)23-6-8-24(9-7-23)20(27)25-10-12-28-13-11-25/h3-5,14,16H,6-13,15H2,1-2H3. The average Bonchev–Trinajstić information content (AvgIpc) is 2.73. The Morgan fingerprint density at radius 2 is 1.75 bits per heavy atom. The van der Waals surface area contributed by atoms with E-state index in [2.05, 4.69) is 4.90 Å². The molecular weight excluding hydrogens is 363 g/mol. The number of hydrogen-bond donors (Lipinski definition) is 0. The van der Waals surface area contributed by atoms with E-state index in [-0.39, 0.29) is 23.8 Å². The minimum absolute atomic E-state index is 0.00258. The molecule has 0 spiro atoms. The summed E-state index contributed by atoms with van der Waals surface area (Å²) in [6, 6.07) is 6.09. The van der Waals surface area contributed by atoms with Crippen LogP contribution in [0, 0.1) is 5.82 Å². The van der Waals surface area contributed by atoms with Crippen molar-refractivity contribution in [2.75, 3.05) is 59.5 Å². The van der Waals surface area contributed by atoms with E-state index in [0.717, 1.165) is 5.56 Å². The molecule has 0 aliphatic carbocycles. The number of carbonyl (C=O) groups is 2. The summed E-state index contributed by atoms with van der Waals surface area (Å²) in [6.07, 6.45) is 0. The van der Waals surface area contributed by atoms with Gasteiger partial charge in [-0.3, -0.25) is 9.69 Å². The van der Waals surface area contributed by atoms with Crippen LogP contribution in [0.2, 0.25) is 0 Å². The van der Waals surface area contributed by atoms with E-state index in [1.54, 1.807) is 18.0 Å².